The highest BCUT2D eigenvalue weighted by atomic mass is 31.2. The summed E-state index contributed by atoms with van der Waals surface area (Å²) < 4.78 is 57.2. The van der Waals surface area contributed by atoms with Gasteiger partial charge in [0.2, 0.25) is 11.8 Å². The monoisotopic (exact) mass is 557 g/mol. The Morgan fingerprint density at radius 1 is 1.16 bits per heavy atom. The SMILES string of the molecule is O=C1CCC(N2Cc3cc(CNC(=O)C(F)(F)c4ccc(F)cc4)ccc3C2O)C(=O)N1COP(=O)(O)O. The molecule has 204 valence electrons. The first-order valence-corrected chi connectivity index (χ1v) is 12.8. The Balaban J connectivity index is 1.42. The van der Waals surface area contributed by atoms with E-state index in [0.29, 0.717) is 21.6 Å². The van der Waals surface area contributed by atoms with E-state index in [9.17, 15) is 37.2 Å². The van der Waals surface area contributed by atoms with Crippen molar-refractivity contribution in [1.82, 2.24) is 15.1 Å². The van der Waals surface area contributed by atoms with Crippen LogP contribution in [0.25, 0.3) is 0 Å². The summed E-state index contributed by atoms with van der Waals surface area (Å²) in [6.45, 7) is -1.17. The number of aliphatic hydroxyl groups is 1. The van der Waals surface area contributed by atoms with Crippen LogP contribution in [-0.2, 0) is 42.5 Å². The van der Waals surface area contributed by atoms with Crippen molar-refractivity contribution >= 4 is 25.5 Å². The number of rotatable bonds is 8. The fourth-order valence-electron chi connectivity index (χ4n) is 4.38. The van der Waals surface area contributed by atoms with E-state index in [1.165, 1.54) is 17.0 Å². The molecule has 0 bridgehead atoms. The molecule has 0 radical (unpaired) electrons. The molecule has 15 heteroatoms. The summed E-state index contributed by atoms with van der Waals surface area (Å²) in [4.78, 5) is 56.9. The van der Waals surface area contributed by atoms with E-state index in [4.69, 9.17) is 9.79 Å². The summed E-state index contributed by atoms with van der Waals surface area (Å²) in [6, 6.07) is 6.90. The number of amides is 3. The number of carbonyl (C=O) groups is 3. The van der Waals surface area contributed by atoms with Crippen LogP contribution in [0.5, 0.6) is 0 Å². The second-order valence-electron chi connectivity index (χ2n) is 8.81. The smallest absolute Gasteiger partial charge is 0.374 e. The van der Waals surface area contributed by atoms with Crippen LogP contribution in [0.3, 0.4) is 0 Å². The van der Waals surface area contributed by atoms with Gasteiger partial charge in [-0.05, 0) is 47.4 Å². The molecule has 0 saturated carbocycles. The number of phosphoric ester groups is 1. The minimum absolute atomic E-state index is 0.0435. The van der Waals surface area contributed by atoms with Crippen LogP contribution < -0.4 is 5.32 Å². The van der Waals surface area contributed by atoms with E-state index >= 15 is 0 Å². The number of imide groups is 1. The molecule has 1 fully saturated rings. The Hall–Kier alpha value is -3.13. The van der Waals surface area contributed by atoms with E-state index < -0.39 is 61.8 Å². The summed E-state index contributed by atoms with van der Waals surface area (Å²) in [5.41, 5.74) is 0.750. The standard InChI is InChI=1S/C23H23F3N3O8P/c24-16-4-2-15(3-5-16)23(25,26)22(33)27-10-13-1-6-17-14(9-13)11-28(20(17)31)18-7-8-19(30)29(21(18)32)12-37-38(34,35)36/h1-6,9,18,20,31H,7-8,10-12H2,(H,27,33)(H2,34,35,36). The van der Waals surface area contributed by atoms with Gasteiger partial charge < -0.3 is 20.2 Å². The molecule has 2 aromatic rings. The summed E-state index contributed by atoms with van der Waals surface area (Å²) in [5, 5.41) is 12.9. The van der Waals surface area contributed by atoms with E-state index in [0.717, 1.165) is 24.3 Å². The predicted octanol–water partition coefficient (Wildman–Crippen LogP) is 1.62. The lowest BCUT2D eigenvalue weighted by Crippen LogP contribution is -2.54. The van der Waals surface area contributed by atoms with Crippen LogP contribution in [-0.4, -0.2) is 55.2 Å². The molecule has 11 nitrogen and oxygen atoms in total. The Morgan fingerprint density at radius 3 is 2.50 bits per heavy atom. The number of likely N-dealkylation sites (tertiary alicyclic amines) is 1. The van der Waals surface area contributed by atoms with Gasteiger partial charge in [-0.15, -0.1) is 0 Å². The maximum Gasteiger partial charge on any atom is 0.471 e. The number of phosphoric acid groups is 1. The van der Waals surface area contributed by atoms with Gasteiger partial charge in [-0.3, -0.25) is 28.7 Å². The third-order valence-electron chi connectivity index (χ3n) is 6.34. The van der Waals surface area contributed by atoms with Crippen molar-refractivity contribution < 1.29 is 51.5 Å². The molecule has 4 rings (SSSR count). The average Bonchev–Trinajstić information content (AvgIpc) is 3.17. The van der Waals surface area contributed by atoms with Crippen LogP contribution >= 0.6 is 7.82 Å². The molecule has 4 N–H and O–H groups in total. The number of piperidine rings is 1. The van der Waals surface area contributed by atoms with E-state index in [2.05, 4.69) is 9.84 Å². The molecule has 2 unspecified atom stereocenters. The minimum Gasteiger partial charge on any atom is -0.374 e. The van der Waals surface area contributed by atoms with Gasteiger partial charge in [0.05, 0.1) is 6.04 Å². The van der Waals surface area contributed by atoms with Crippen LogP contribution in [0.15, 0.2) is 42.5 Å². The highest BCUT2D eigenvalue weighted by Gasteiger charge is 2.44. The number of nitrogens with one attached hydrogen (secondary N) is 1. The van der Waals surface area contributed by atoms with Crippen molar-refractivity contribution in [3.63, 3.8) is 0 Å². The van der Waals surface area contributed by atoms with Crippen molar-refractivity contribution in [1.29, 1.82) is 0 Å². The van der Waals surface area contributed by atoms with Gasteiger partial charge in [-0.1, -0.05) is 18.2 Å². The number of halogens is 3. The van der Waals surface area contributed by atoms with Gasteiger partial charge in [0.1, 0.15) is 18.8 Å². The second-order valence-corrected chi connectivity index (χ2v) is 10.0. The lowest BCUT2D eigenvalue weighted by atomic mass is 10.0. The zero-order valence-corrected chi connectivity index (χ0v) is 20.5. The van der Waals surface area contributed by atoms with E-state index in [1.807, 2.05) is 0 Å². The van der Waals surface area contributed by atoms with Crippen molar-refractivity contribution in [2.45, 2.75) is 44.1 Å². The third-order valence-corrected chi connectivity index (χ3v) is 6.79. The topological polar surface area (TPSA) is 157 Å². The number of aliphatic hydroxyl groups excluding tert-OH is 1. The molecule has 1 saturated heterocycles. The molecule has 2 aliphatic rings. The lowest BCUT2D eigenvalue weighted by Gasteiger charge is -2.36. The molecule has 2 atom stereocenters. The number of hydrogen-bond acceptors (Lipinski definition) is 7. The van der Waals surface area contributed by atoms with E-state index in [-0.39, 0.29) is 25.9 Å². The molecule has 3 amide bonds. The molecule has 2 heterocycles. The van der Waals surface area contributed by atoms with Gasteiger partial charge >= 0.3 is 13.7 Å². The molecule has 0 spiro atoms. The van der Waals surface area contributed by atoms with Crippen LogP contribution in [0.4, 0.5) is 13.2 Å². The summed E-state index contributed by atoms with van der Waals surface area (Å²) >= 11 is 0. The normalized spacial score (nSPS) is 20.5. The van der Waals surface area contributed by atoms with E-state index in [1.54, 1.807) is 6.07 Å². The van der Waals surface area contributed by atoms with Crippen molar-refractivity contribution in [3.8, 4) is 0 Å². The number of hydrogen-bond donors (Lipinski definition) is 4. The van der Waals surface area contributed by atoms with Gasteiger partial charge in [0.15, 0.2) is 0 Å². The first-order chi connectivity index (χ1) is 17.8. The number of alkyl halides is 2. The maximum absolute atomic E-state index is 14.4. The number of nitrogens with zero attached hydrogens (tertiary/aromatic N) is 2. The molecule has 0 aliphatic carbocycles. The largest absolute Gasteiger partial charge is 0.471 e. The van der Waals surface area contributed by atoms with Gasteiger partial charge in [0.25, 0.3) is 5.91 Å². The Bertz CT molecular complexity index is 1300. The quantitative estimate of drug-likeness (QED) is 0.280. The van der Waals surface area contributed by atoms with Gasteiger partial charge in [-0.25, -0.2) is 8.96 Å². The maximum atomic E-state index is 14.4. The van der Waals surface area contributed by atoms with Gasteiger partial charge in [0, 0.05) is 25.1 Å². The molecule has 2 aromatic carbocycles. The fraction of sp³-hybridized carbons (Fsp3) is 0.348. The van der Waals surface area contributed by atoms with Crippen LogP contribution in [0, 0.1) is 5.82 Å². The zero-order chi connectivity index (χ0) is 27.8. The average molecular weight is 557 g/mol. The predicted molar refractivity (Wildman–Crippen MR) is 122 cm³/mol. The van der Waals surface area contributed by atoms with Crippen molar-refractivity contribution in [3.05, 3.63) is 70.5 Å². The van der Waals surface area contributed by atoms with Crippen molar-refractivity contribution in [2.75, 3.05) is 6.73 Å². The van der Waals surface area contributed by atoms with Crippen LogP contribution in [0.1, 0.15) is 41.3 Å². The number of fused-ring (bicyclic) bond motifs is 1. The molecule has 38 heavy (non-hydrogen) atoms. The molecule has 0 aromatic heterocycles. The van der Waals surface area contributed by atoms with Gasteiger partial charge in [-0.2, -0.15) is 8.78 Å². The first-order valence-electron chi connectivity index (χ1n) is 11.3. The highest BCUT2D eigenvalue weighted by molar-refractivity contribution is 7.46. The minimum atomic E-state index is -4.94. The fourth-order valence-corrected chi connectivity index (χ4v) is 4.65. The zero-order valence-electron chi connectivity index (χ0n) is 19.6. The molecule has 2 aliphatic heterocycles. The second kappa shape index (κ2) is 10.6. The van der Waals surface area contributed by atoms with Crippen LogP contribution in [0.2, 0.25) is 0 Å². The Kier molecular flexibility index (Phi) is 7.75. The lowest BCUT2D eigenvalue weighted by molar-refractivity contribution is -0.160. The Labute approximate surface area is 214 Å². The number of carbonyl (C=O) groups excluding carboxylic acids is 3. The first kappa shape index (κ1) is 27.9. The molecular weight excluding hydrogens is 534 g/mol. The summed E-state index contributed by atoms with van der Waals surface area (Å²) in [6.07, 6.45) is -1.32. The molecular formula is C23H23F3N3O8P. The summed E-state index contributed by atoms with van der Waals surface area (Å²) in [7, 11) is -4.94. The highest BCUT2D eigenvalue weighted by Crippen LogP contribution is 2.39. The Morgan fingerprint density at radius 2 is 1.84 bits per heavy atom. The summed E-state index contributed by atoms with van der Waals surface area (Å²) in [5.74, 6) is -7.67. The number of benzene rings is 2. The van der Waals surface area contributed by atoms with Crippen molar-refractivity contribution in [2.24, 2.45) is 0 Å². The third kappa shape index (κ3) is 5.80.